The number of aryl methyl sites for hydroxylation is 1. The molecule has 2 saturated heterocycles. The second-order valence-corrected chi connectivity index (χ2v) is 8.89. The molecule has 0 bridgehead atoms. The van der Waals surface area contributed by atoms with Crippen LogP contribution in [0.15, 0.2) is 24.3 Å². The molecule has 3 rings (SSSR count). The van der Waals surface area contributed by atoms with Gasteiger partial charge in [0.05, 0.1) is 0 Å². The summed E-state index contributed by atoms with van der Waals surface area (Å²) in [6, 6.07) is 8.18. The van der Waals surface area contributed by atoms with Crippen LogP contribution in [0.3, 0.4) is 0 Å². The largest absolute Gasteiger partial charge is 0.508 e. The minimum absolute atomic E-state index is 0.338. The van der Waals surface area contributed by atoms with E-state index in [4.69, 9.17) is 0 Å². The van der Waals surface area contributed by atoms with Crippen LogP contribution in [0.1, 0.15) is 51.5 Å². The number of nitrogens with zero attached hydrogens (tertiary/aromatic N) is 3. The van der Waals surface area contributed by atoms with Crippen LogP contribution in [-0.4, -0.2) is 77.6 Å². The highest BCUT2D eigenvalue weighted by molar-refractivity contribution is 5.76. The third-order valence-electron chi connectivity index (χ3n) is 7.00. The molecule has 2 heterocycles. The molecule has 0 aromatic heterocycles. The van der Waals surface area contributed by atoms with Crippen LogP contribution in [0.5, 0.6) is 5.75 Å². The van der Waals surface area contributed by atoms with Crippen molar-refractivity contribution in [3.05, 3.63) is 29.8 Å². The van der Waals surface area contributed by atoms with Crippen molar-refractivity contribution in [1.82, 2.24) is 14.7 Å². The van der Waals surface area contributed by atoms with E-state index >= 15 is 0 Å². The van der Waals surface area contributed by atoms with Gasteiger partial charge in [-0.2, -0.15) is 0 Å². The Labute approximate surface area is 176 Å². The van der Waals surface area contributed by atoms with Gasteiger partial charge < -0.3 is 19.8 Å². The van der Waals surface area contributed by atoms with Crippen molar-refractivity contribution in [1.29, 1.82) is 0 Å². The first-order valence-electron chi connectivity index (χ1n) is 11.6. The predicted molar refractivity (Wildman–Crippen MR) is 118 cm³/mol. The molecule has 0 spiro atoms. The maximum Gasteiger partial charge on any atom is 0.222 e. The summed E-state index contributed by atoms with van der Waals surface area (Å²) in [6.07, 6.45) is 6.44. The average Bonchev–Trinajstić information content (AvgIpc) is 2.77. The maximum atomic E-state index is 12.5. The van der Waals surface area contributed by atoms with Gasteiger partial charge >= 0.3 is 0 Å². The van der Waals surface area contributed by atoms with Gasteiger partial charge in [0.15, 0.2) is 0 Å². The Kier molecular flexibility index (Phi) is 8.37. The van der Waals surface area contributed by atoms with Crippen LogP contribution in [0.25, 0.3) is 0 Å². The van der Waals surface area contributed by atoms with Crippen molar-refractivity contribution in [3.8, 4) is 5.75 Å². The summed E-state index contributed by atoms with van der Waals surface area (Å²) in [7, 11) is 0. The third kappa shape index (κ3) is 6.71. The number of phenols is 1. The van der Waals surface area contributed by atoms with Crippen LogP contribution in [0, 0.1) is 5.92 Å². The molecule has 29 heavy (non-hydrogen) atoms. The number of aromatic hydroxyl groups is 1. The van der Waals surface area contributed by atoms with E-state index in [9.17, 15) is 9.90 Å². The molecule has 1 aromatic rings. The van der Waals surface area contributed by atoms with E-state index in [1.807, 2.05) is 12.1 Å². The average molecular weight is 402 g/mol. The number of carbonyl (C=O) groups excluding carboxylic acids is 1. The number of carbonyl (C=O) groups is 1. The fourth-order valence-corrected chi connectivity index (χ4v) is 4.70. The smallest absolute Gasteiger partial charge is 0.222 e. The lowest BCUT2D eigenvalue weighted by molar-refractivity contribution is -0.133. The highest BCUT2D eigenvalue weighted by atomic mass is 16.3. The second-order valence-electron chi connectivity index (χ2n) is 8.89. The minimum Gasteiger partial charge on any atom is -0.508 e. The quantitative estimate of drug-likeness (QED) is 0.726. The van der Waals surface area contributed by atoms with Crippen LogP contribution in [-0.2, 0) is 11.2 Å². The lowest BCUT2D eigenvalue weighted by Crippen LogP contribution is -2.48. The molecule has 1 amide bonds. The van der Waals surface area contributed by atoms with E-state index < -0.39 is 0 Å². The van der Waals surface area contributed by atoms with Crippen molar-refractivity contribution >= 4 is 5.91 Å². The van der Waals surface area contributed by atoms with Gasteiger partial charge in [0.25, 0.3) is 0 Å². The first-order valence-corrected chi connectivity index (χ1v) is 11.6. The van der Waals surface area contributed by atoms with Gasteiger partial charge in [0.2, 0.25) is 5.91 Å². The maximum absolute atomic E-state index is 12.5. The molecule has 1 aromatic carbocycles. The van der Waals surface area contributed by atoms with Crippen molar-refractivity contribution in [2.24, 2.45) is 5.92 Å². The summed E-state index contributed by atoms with van der Waals surface area (Å²) in [5.74, 6) is 1.41. The molecule has 5 heteroatoms. The first-order chi connectivity index (χ1) is 14.0. The number of amides is 1. The Morgan fingerprint density at radius 1 is 1.07 bits per heavy atom. The Balaban J connectivity index is 1.31. The van der Waals surface area contributed by atoms with E-state index in [0.717, 1.165) is 71.5 Å². The topological polar surface area (TPSA) is 47.0 Å². The van der Waals surface area contributed by atoms with Crippen molar-refractivity contribution < 1.29 is 9.90 Å². The van der Waals surface area contributed by atoms with Gasteiger partial charge in [-0.1, -0.05) is 19.1 Å². The summed E-state index contributed by atoms with van der Waals surface area (Å²) in [6.45, 7) is 11.8. The third-order valence-corrected chi connectivity index (χ3v) is 7.00. The summed E-state index contributed by atoms with van der Waals surface area (Å²) in [5, 5.41) is 9.40. The number of hydrogen-bond acceptors (Lipinski definition) is 4. The van der Waals surface area contributed by atoms with Crippen LogP contribution in [0.2, 0.25) is 0 Å². The molecule has 162 valence electrons. The normalized spacial score (nSPS) is 20.7. The number of piperazine rings is 1. The SMILES string of the molecule is CCN1CCN(C(=O)CCC2CCN([C@H](C)CCc3ccc(O)cc3)CC2)CC1. The van der Waals surface area contributed by atoms with Gasteiger partial charge in [0.1, 0.15) is 5.75 Å². The van der Waals surface area contributed by atoms with Gasteiger partial charge in [-0.3, -0.25) is 4.79 Å². The minimum atomic E-state index is 0.338. The van der Waals surface area contributed by atoms with Crippen LogP contribution >= 0.6 is 0 Å². The Hall–Kier alpha value is -1.59. The number of rotatable bonds is 8. The second kappa shape index (κ2) is 11.0. The summed E-state index contributed by atoms with van der Waals surface area (Å²) < 4.78 is 0. The Bertz CT molecular complexity index is 618. The zero-order chi connectivity index (χ0) is 20.6. The molecule has 1 N–H and O–H groups in total. The first kappa shape index (κ1) is 22.1. The van der Waals surface area contributed by atoms with E-state index in [1.165, 1.54) is 18.4 Å². The van der Waals surface area contributed by atoms with Crippen molar-refractivity contribution in [2.75, 3.05) is 45.8 Å². The molecule has 2 fully saturated rings. The monoisotopic (exact) mass is 401 g/mol. The number of benzene rings is 1. The van der Waals surface area contributed by atoms with Crippen LogP contribution in [0.4, 0.5) is 0 Å². The number of likely N-dealkylation sites (N-methyl/N-ethyl adjacent to an activating group) is 1. The van der Waals surface area contributed by atoms with Gasteiger partial charge in [-0.25, -0.2) is 0 Å². The zero-order valence-electron chi connectivity index (χ0n) is 18.4. The van der Waals surface area contributed by atoms with Gasteiger partial charge in [-0.05, 0) is 82.3 Å². The zero-order valence-corrected chi connectivity index (χ0v) is 18.4. The van der Waals surface area contributed by atoms with Crippen molar-refractivity contribution in [2.45, 2.75) is 58.4 Å². The summed E-state index contributed by atoms with van der Waals surface area (Å²) >= 11 is 0. The fraction of sp³-hybridized carbons (Fsp3) is 0.708. The lowest BCUT2D eigenvalue weighted by atomic mass is 9.90. The van der Waals surface area contributed by atoms with E-state index in [0.29, 0.717) is 23.6 Å². The molecular formula is C24H39N3O2. The molecule has 2 aliphatic rings. The molecule has 0 unspecified atom stereocenters. The molecule has 0 saturated carbocycles. The highest BCUT2D eigenvalue weighted by Crippen LogP contribution is 2.25. The number of phenolic OH excluding ortho intramolecular Hbond substituents is 1. The molecule has 5 nitrogen and oxygen atoms in total. The van der Waals surface area contributed by atoms with Gasteiger partial charge in [0, 0.05) is 38.6 Å². The molecule has 0 aliphatic carbocycles. The molecule has 2 aliphatic heterocycles. The van der Waals surface area contributed by atoms with E-state index in [-0.39, 0.29) is 0 Å². The Morgan fingerprint density at radius 2 is 1.72 bits per heavy atom. The van der Waals surface area contributed by atoms with Gasteiger partial charge in [-0.15, -0.1) is 0 Å². The Morgan fingerprint density at radius 3 is 2.34 bits per heavy atom. The number of hydrogen-bond donors (Lipinski definition) is 1. The molecule has 1 atom stereocenters. The molecule has 0 radical (unpaired) electrons. The molecular weight excluding hydrogens is 362 g/mol. The standard InChI is InChI=1S/C24H39N3O2/c1-3-25-16-18-27(19-17-25)24(29)11-8-22-12-14-26(15-13-22)20(2)4-5-21-6-9-23(28)10-7-21/h6-7,9-10,20,22,28H,3-5,8,11-19H2,1-2H3/t20-/m1/s1. The van der Waals surface area contributed by atoms with Crippen molar-refractivity contribution in [3.63, 3.8) is 0 Å². The highest BCUT2D eigenvalue weighted by Gasteiger charge is 2.25. The lowest BCUT2D eigenvalue weighted by Gasteiger charge is -2.37. The van der Waals surface area contributed by atoms with E-state index in [1.54, 1.807) is 12.1 Å². The predicted octanol–water partition coefficient (Wildman–Crippen LogP) is 3.37. The summed E-state index contributed by atoms with van der Waals surface area (Å²) in [4.78, 5) is 19.6. The van der Waals surface area contributed by atoms with E-state index in [2.05, 4.69) is 28.5 Å². The number of likely N-dealkylation sites (tertiary alicyclic amines) is 1. The number of piperidine rings is 1. The summed E-state index contributed by atoms with van der Waals surface area (Å²) in [5.41, 5.74) is 1.29. The fourth-order valence-electron chi connectivity index (χ4n) is 4.70. The van der Waals surface area contributed by atoms with Crippen LogP contribution < -0.4 is 0 Å².